The van der Waals surface area contributed by atoms with Gasteiger partial charge in [0.1, 0.15) is 11.2 Å². The molecule has 0 fully saturated rings. The van der Waals surface area contributed by atoms with Gasteiger partial charge in [-0.15, -0.1) is 0 Å². The van der Waals surface area contributed by atoms with Gasteiger partial charge >= 0.3 is 5.97 Å². The van der Waals surface area contributed by atoms with E-state index in [1.54, 1.807) is 49.5 Å². The van der Waals surface area contributed by atoms with Gasteiger partial charge in [-0.2, -0.15) is 0 Å². The minimum absolute atomic E-state index is 0.0473. The minimum Gasteiger partial charge on any atom is -0.462 e. The number of benzene rings is 1. The molecule has 0 unspecified atom stereocenters. The Morgan fingerprint density at radius 3 is 2.48 bits per heavy atom. The van der Waals surface area contributed by atoms with Gasteiger partial charge in [-0.25, -0.2) is 9.78 Å². The molecule has 0 saturated heterocycles. The molecule has 0 aliphatic heterocycles. The van der Waals surface area contributed by atoms with Gasteiger partial charge < -0.3 is 14.6 Å². The van der Waals surface area contributed by atoms with Crippen molar-refractivity contribution in [2.75, 3.05) is 11.9 Å². The number of aryl methyl sites for hydroxylation is 2. The van der Waals surface area contributed by atoms with Gasteiger partial charge in [0.25, 0.3) is 5.91 Å². The van der Waals surface area contributed by atoms with E-state index in [-0.39, 0.29) is 17.6 Å². The highest BCUT2D eigenvalue weighted by atomic mass is 16.5. The van der Waals surface area contributed by atoms with Gasteiger partial charge in [-0.05, 0) is 56.7 Å². The number of amides is 1. The summed E-state index contributed by atoms with van der Waals surface area (Å²) >= 11 is 0. The van der Waals surface area contributed by atoms with E-state index >= 15 is 0 Å². The van der Waals surface area contributed by atoms with Crippen LogP contribution in [0, 0.1) is 6.92 Å². The lowest BCUT2D eigenvalue weighted by molar-refractivity contribution is 0.0526. The second-order valence-corrected chi connectivity index (χ2v) is 6.64. The Balaban J connectivity index is 1.93. The SMILES string of the molecule is CCCn1cc(C(=O)Nc2ccc(C(=O)OCC)cc2)c(=O)c2ccc(C)nc21. The molecule has 3 aromatic rings. The average Bonchev–Trinajstić information content (AvgIpc) is 2.70. The van der Waals surface area contributed by atoms with Crippen molar-refractivity contribution in [3.63, 3.8) is 0 Å². The third kappa shape index (κ3) is 4.34. The van der Waals surface area contributed by atoms with Crippen LogP contribution < -0.4 is 10.7 Å². The highest BCUT2D eigenvalue weighted by Crippen LogP contribution is 2.15. The van der Waals surface area contributed by atoms with Crippen LogP contribution in [0.3, 0.4) is 0 Å². The summed E-state index contributed by atoms with van der Waals surface area (Å²) in [7, 11) is 0. The Bertz CT molecular complexity index is 1120. The monoisotopic (exact) mass is 393 g/mol. The van der Waals surface area contributed by atoms with Crippen molar-refractivity contribution < 1.29 is 14.3 Å². The standard InChI is InChI=1S/C22H23N3O4/c1-4-12-25-13-18(19(26)17-11-6-14(3)23-20(17)25)21(27)24-16-9-7-15(8-10-16)22(28)29-5-2/h6-11,13H,4-5,12H2,1-3H3,(H,24,27). The number of ether oxygens (including phenoxy) is 1. The summed E-state index contributed by atoms with van der Waals surface area (Å²) in [6, 6.07) is 9.79. The van der Waals surface area contributed by atoms with E-state index in [0.717, 1.165) is 12.1 Å². The Kier molecular flexibility index (Phi) is 6.07. The molecule has 0 aliphatic rings. The fraction of sp³-hybridized carbons (Fsp3) is 0.273. The Morgan fingerprint density at radius 1 is 1.10 bits per heavy atom. The smallest absolute Gasteiger partial charge is 0.338 e. The number of hydrogen-bond acceptors (Lipinski definition) is 5. The second kappa shape index (κ2) is 8.68. The number of nitrogens with zero attached hydrogens (tertiary/aromatic N) is 2. The first kappa shape index (κ1) is 20.3. The molecule has 2 aromatic heterocycles. The van der Waals surface area contributed by atoms with Crippen molar-refractivity contribution >= 4 is 28.6 Å². The molecule has 7 heteroatoms. The number of aromatic nitrogens is 2. The van der Waals surface area contributed by atoms with Crippen molar-refractivity contribution in [3.8, 4) is 0 Å². The summed E-state index contributed by atoms with van der Waals surface area (Å²) in [6.07, 6.45) is 2.40. The Morgan fingerprint density at radius 2 is 1.83 bits per heavy atom. The zero-order chi connectivity index (χ0) is 21.0. The van der Waals surface area contributed by atoms with E-state index in [9.17, 15) is 14.4 Å². The number of carbonyl (C=O) groups is 2. The maximum absolute atomic E-state index is 12.9. The van der Waals surface area contributed by atoms with Crippen LogP contribution in [0.1, 0.15) is 46.7 Å². The maximum Gasteiger partial charge on any atom is 0.338 e. The molecule has 2 heterocycles. The third-order valence-electron chi connectivity index (χ3n) is 4.42. The summed E-state index contributed by atoms with van der Waals surface area (Å²) in [4.78, 5) is 41.9. The first-order chi connectivity index (χ1) is 13.9. The number of rotatable bonds is 6. The summed E-state index contributed by atoms with van der Waals surface area (Å²) in [6.45, 7) is 6.54. The predicted molar refractivity (Wildman–Crippen MR) is 111 cm³/mol. The molecule has 1 amide bonds. The number of nitrogens with one attached hydrogen (secondary N) is 1. The van der Waals surface area contributed by atoms with Crippen LogP contribution in [-0.2, 0) is 11.3 Å². The quantitative estimate of drug-likeness (QED) is 0.647. The van der Waals surface area contributed by atoms with Crippen molar-refractivity contribution in [3.05, 3.63) is 69.6 Å². The van der Waals surface area contributed by atoms with Crippen molar-refractivity contribution in [2.24, 2.45) is 0 Å². The minimum atomic E-state index is -0.508. The summed E-state index contributed by atoms with van der Waals surface area (Å²) in [5.41, 5.74) is 1.94. The number of anilines is 1. The molecule has 1 aromatic carbocycles. The lowest BCUT2D eigenvalue weighted by atomic mass is 10.1. The predicted octanol–water partition coefficient (Wildman–Crippen LogP) is 3.54. The highest BCUT2D eigenvalue weighted by molar-refractivity contribution is 6.05. The van der Waals surface area contributed by atoms with Gasteiger partial charge in [0.05, 0.1) is 17.6 Å². The molecule has 0 spiro atoms. The molecule has 0 bridgehead atoms. The fourth-order valence-corrected chi connectivity index (χ4v) is 3.04. The van der Waals surface area contributed by atoms with Crippen molar-refractivity contribution in [2.45, 2.75) is 33.7 Å². The number of fused-ring (bicyclic) bond motifs is 1. The van der Waals surface area contributed by atoms with Crippen LogP contribution in [0.5, 0.6) is 0 Å². The third-order valence-corrected chi connectivity index (χ3v) is 4.42. The van der Waals surface area contributed by atoms with Gasteiger partial charge in [0.2, 0.25) is 5.43 Å². The number of carbonyl (C=O) groups excluding carboxylic acids is 2. The topological polar surface area (TPSA) is 90.3 Å². The van der Waals surface area contributed by atoms with Crippen molar-refractivity contribution in [1.29, 1.82) is 0 Å². The largest absolute Gasteiger partial charge is 0.462 e. The van der Waals surface area contributed by atoms with E-state index in [4.69, 9.17) is 4.74 Å². The summed E-state index contributed by atoms with van der Waals surface area (Å²) in [5, 5.41) is 3.13. The molecule has 3 rings (SSSR count). The molecular weight excluding hydrogens is 370 g/mol. The van der Waals surface area contributed by atoms with Gasteiger partial charge in [-0.3, -0.25) is 9.59 Å². The zero-order valence-electron chi connectivity index (χ0n) is 16.7. The lowest BCUT2D eigenvalue weighted by Crippen LogP contribution is -2.24. The van der Waals surface area contributed by atoms with Crippen LogP contribution >= 0.6 is 0 Å². The van der Waals surface area contributed by atoms with Crippen LogP contribution in [0.15, 0.2) is 47.4 Å². The highest BCUT2D eigenvalue weighted by Gasteiger charge is 2.17. The molecule has 0 aliphatic carbocycles. The van der Waals surface area contributed by atoms with E-state index < -0.39 is 11.9 Å². The molecule has 0 atom stereocenters. The Labute approximate surface area is 168 Å². The van der Waals surface area contributed by atoms with Crippen LogP contribution in [0.25, 0.3) is 11.0 Å². The second-order valence-electron chi connectivity index (χ2n) is 6.64. The Hall–Kier alpha value is -3.48. The molecule has 1 N–H and O–H groups in total. The molecule has 150 valence electrons. The first-order valence-electron chi connectivity index (χ1n) is 9.54. The molecular formula is C22H23N3O4. The van der Waals surface area contributed by atoms with E-state index in [0.29, 0.717) is 28.8 Å². The van der Waals surface area contributed by atoms with E-state index in [2.05, 4.69) is 10.3 Å². The summed E-state index contributed by atoms with van der Waals surface area (Å²) < 4.78 is 6.78. The van der Waals surface area contributed by atoms with Gasteiger partial charge in [0.15, 0.2) is 0 Å². The van der Waals surface area contributed by atoms with E-state index in [1.807, 2.05) is 18.4 Å². The molecule has 0 saturated carbocycles. The zero-order valence-corrected chi connectivity index (χ0v) is 16.7. The summed E-state index contributed by atoms with van der Waals surface area (Å²) in [5.74, 6) is -0.934. The van der Waals surface area contributed by atoms with Crippen molar-refractivity contribution in [1.82, 2.24) is 9.55 Å². The normalized spacial score (nSPS) is 10.7. The maximum atomic E-state index is 12.9. The van der Waals surface area contributed by atoms with Gasteiger partial charge in [-0.1, -0.05) is 6.92 Å². The number of pyridine rings is 2. The number of hydrogen-bond donors (Lipinski definition) is 1. The fourth-order valence-electron chi connectivity index (χ4n) is 3.04. The lowest BCUT2D eigenvalue weighted by Gasteiger charge is -2.12. The van der Waals surface area contributed by atoms with Crippen LogP contribution in [0.2, 0.25) is 0 Å². The molecule has 0 radical (unpaired) electrons. The van der Waals surface area contributed by atoms with Gasteiger partial charge in [0, 0.05) is 24.1 Å². The first-order valence-corrected chi connectivity index (χ1v) is 9.54. The molecule has 7 nitrogen and oxygen atoms in total. The van der Waals surface area contributed by atoms with E-state index in [1.165, 1.54) is 0 Å². The number of esters is 1. The average molecular weight is 393 g/mol. The molecule has 29 heavy (non-hydrogen) atoms. The van der Waals surface area contributed by atoms with Crippen LogP contribution in [0.4, 0.5) is 5.69 Å². The van der Waals surface area contributed by atoms with Crippen LogP contribution in [-0.4, -0.2) is 28.0 Å².